The van der Waals surface area contributed by atoms with E-state index >= 15 is 0 Å². The van der Waals surface area contributed by atoms with Crippen molar-refractivity contribution in [2.75, 3.05) is 13.7 Å². The smallest absolute Gasteiger partial charge is 0.328 e. The van der Waals surface area contributed by atoms with E-state index in [-0.39, 0.29) is 13.2 Å². The molecular formula is C11H18N4O4. The first kappa shape index (κ1) is 15.0. The molecule has 0 fully saturated rings. The molecule has 106 valence electrons. The molecule has 8 heteroatoms. The first-order valence-electron chi connectivity index (χ1n) is 5.69. The van der Waals surface area contributed by atoms with Crippen molar-refractivity contribution < 1.29 is 19.4 Å². The third kappa shape index (κ3) is 4.25. The van der Waals surface area contributed by atoms with Gasteiger partial charge in [-0.05, 0) is 6.92 Å². The fourth-order valence-electron chi connectivity index (χ4n) is 1.44. The van der Waals surface area contributed by atoms with Crippen molar-refractivity contribution in [3.63, 3.8) is 0 Å². The number of carbonyl (C=O) groups excluding carboxylic acids is 1. The van der Waals surface area contributed by atoms with E-state index in [4.69, 9.17) is 9.84 Å². The molecule has 0 saturated carbocycles. The number of nitrogens with one attached hydrogen (secondary N) is 2. The first-order valence-corrected chi connectivity index (χ1v) is 5.69. The molecule has 0 aliphatic heterocycles. The number of aryl methyl sites for hydroxylation is 1. The van der Waals surface area contributed by atoms with Gasteiger partial charge in [-0.2, -0.15) is 5.10 Å². The van der Waals surface area contributed by atoms with E-state index in [0.717, 1.165) is 11.3 Å². The maximum absolute atomic E-state index is 11.6. The molecule has 1 heterocycles. The van der Waals surface area contributed by atoms with Gasteiger partial charge in [-0.1, -0.05) is 0 Å². The van der Waals surface area contributed by atoms with Gasteiger partial charge >= 0.3 is 12.0 Å². The fraction of sp³-hybridized carbons (Fsp3) is 0.545. The summed E-state index contributed by atoms with van der Waals surface area (Å²) in [6.45, 7) is 2.08. The van der Waals surface area contributed by atoms with Crippen LogP contribution in [0.15, 0.2) is 6.20 Å². The van der Waals surface area contributed by atoms with Crippen LogP contribution in [0.1, 0.15) is 11.3 Å². The van der Waals surface area contributed by atoms with Crippen LogP contribution >= 0.6 is 0 Å². The van der Waals surface area contributed by atoms with Crippen LogP contribution in [-0.2, 0) is 23.1 Å². The Kier molecular flexibility index (Phi) is 5.31. The van der Waals surface area contributed by atoms with Crippen LogP contribution in [0.2, 0.25) is 0 Å². The molecule has 0 aliphatic carbocycles. The number of carboxylic acid groups (broad SMARTS) is 1. The highest BCUT2D eigenvalue weighted by Gasteiger charge is 2.19. The topological polar surface area (TPSA) is 105 Å². The van der Waals surface area contributed by atoms with Gasteiger partial charge in [0.15, 0.2) is 6.04 Å². The number of hydrogen-bond donors (Lipinski definition) is 3. The maximum Gasteiger partial charge on any atom is 0.328 e. The van der Waals surface area contributed by atoms with Gasteiger partial charge in [-0.25, -0.2) is 9.59 Å². The van der Waals surface area contributed by atoms with Gasteiger partial charge in [0, 0.05) is 32.0 Å². The molecule has 1 aromatic rings. The van der Waals surface area contributed by atoms with E-state index in [2.05, 4.69) is 15.7 Å². The maximum atomic E-state index is 11.6. The summed E-state index contributed by atoms with van der Waals surface area (Å²) in [5, 5.41) is 17.8. The molecule has 19 heavy (non-hydrogen) atoms. The van der Waals surface area contributed by atoms with Gasteiger partial charge in [0.05, 0.1) is 12.8 Å². The van der Waals surface area contributed by atoms with Crippen LogP contribution in [0.5, 0.6) is 0 Å². The second-order valence-electron chi connectivity index (χ2n) is 4.05. The SMILES string of the molecule is COCC(NC(=O)NCc1cnn(C)c1C)C(=O)O. The van der Waals surface area contributed by atoms with Gasteiger partial charge in [0.1, 0.15) is 0 Å². The largest absolute Gasteiger partial charge is 0.480 e. The highest BCUT2D eigenvalue weighted by molar-refractivity contribution is 5.82. The van der Waals surface area contributed by atoms with Crippen LogP contribution in [-0.4, -0.2) is 46.6 Å². The number of hydrogen-bond acceptors (Lipinski definition) is 4. The molecule has 2 amide bonds. The normalized spacial score (nSPS) is 11.9. The number of methoxy groups -OCH3 is 1. The van der Waals surface area contributed by atoms with Crippen LogP contribution in [0.3, 0.4) is 0 Å². The van der Waals surface area contributed by atoms with E-state index in [1.807, 2.05) is 6.92 Å². The average Bonchev–Trinajstić information content (AvgIpc) is 2.67. The lowest BCUT2D eigenvalue weighted by atomic mass is 10.2. The summed E-state index contributed by atoms with van der Waals surface area (Å²) in [6.07, 6.45) is 1.65. The van der Waals surface area contributed by atoms with Crippen LogP contribution in [0.25, 0.3) is 0 Å². The number of ether oxygens (including phenoxy) is 1. The predicted molar refractivity (Wildman–Crippen MR) is 66.6 cm³/mol. The van der Waals surface area contributed by atoms with E-state index in [0.29, 0.717) is 0 Å². The molecule has 3 N–H and O–H groups in total. The summed E-state index contributed by atoms with van der Waals surface area (Å²) < 4.78 is 6.41. The fourth-order valence-corrected chi connectivity index (χ4v) is 1.44. The Balaban J connectivity index is 2.47. The van der Waals surface area contributed by atoms with Crippen molar-refractivity contribution >= 4 is 12.0 Å². The summed E-state index contributed by atoms with van der Waals surface area (Å²) in [5.74, 6) is -1.14. The van der Waals surface area contributed by atoms with E-state index in [9.17, 15) is 9.59 Å². The lowest BCUT2D eigenvalue weighted by Gasteiger charge is -2.14. The Labute approximate surface area is 110 Å². The summed E-state index contributed by atoms with van der Waals surface area (Å²) in [4.78, 5) is 22.4. The van der Waals surface area contributed by atoms with Gasteiger partial charge in [-0.15, -0.1) is 0 Å². The number of carbonyl (C=O) groups is 2. The minimum absolute atomic E-state index is 0.0886. The first-order chi connectivity index (χ1) is 8.95. The Morgan fingerprint density at radius 1 is 1.58 bits per heavy atom. The number of aromatic nitrogens is 2. The lowest BCUT2D eigenvalue weighted by molar-refractivity contribution is -0.140. The van der Waals surface area contributed by atoms with Crippen molar-refractivity contribution in [3.05, 3.63) is 17.5 Å². The number of rotatable bonds is 6. The zero-order valence-corrected chi connectivity index (χ0v) is 11.1. The molecular weight excluding hydrogens is 252 g/mol. The van der Waals surface area contributed by atoms with Gasteiger partial charge in [0.25, 0.3) is 0 Å². The number of urea groups is 1. The molecule has 1 rings (SSSR count). The van der Waals surface area contributed by atoms with Crippen LogP contribution in [0.4, 0.5) is 4.79 Å². The Morgan fingerprint density at radius 2 is 2.26 bits per heavy atom. The summed E-state index contributed by atoms with van der Waals surface area (Å²) >= 11 is 0. The molecule has 0 saturated heterocycles. The third-order valence-electron chi connectivity index (χ3n) is 2.71. The highest BCUT2D eigenvalue weighted by Crippen LogP contribution is 2.04. The third-order valence-corrected chi connectivity index (χ3v) is 2.71. The molecule has 8 nitrogen and oxygen atoms in total. The van der Waals surface area contributed by atoms with Gasteiger partial charge in [0.2, 0.25) is 0 Å². The number of nitrogens with zero attached hydrogens (tertiary/aromatic N) is 2. The Morgan fingerprint density at radius 3 is 2.74 bits per heavy atom. The van der Waals surface area contributed by atoms with Crippen LogP contribution in [0, 0.1) is 6.92 Å². The number of aliphatic carboxylic acids is 1. The molecule has 0 radical (unpaired) electrons. The standard InChI is InChI=1S/C11H18N4O4/c1-7-8(5-13-15(7)2)4-12-11(18)14-9(6-19-3)10(16)17/h5,9H,4,6H2,1-3H3,(H,16,17)(H2,12,14,18). The molecule has 1 aromatic heterocycles. The Hall–Kier alpha value is -2.09. The van der Waals surface area contributed by atoms with Crippen molar-refractivity contribution in [2.45, 2.75) is 19.5 Å². The van der Waals surface area contributed by atoms with E-state index < -0.39 is 18.0 Å². The summed E-state index contributed by atoms with van der Waals surface area (Å²) in [7, 11) is 3.17. The Bertz CT molecular complexity index is 458. The minimum Gasteiger partial charge on any atom is -0.480 e. The molecule has 1 atom stereocenters. The second kappa shape index (κ2) is 6.74. The zero-order chi connectivity index (χ0) is 14.4. The average molecular weight is 270 g/mol. The van der Waals surface area contributed by atoms with Crippen molar-refractivity contribution in [3.8, 4) is 0 Å². The van der Waals surface area contributed by atoms with E-state index in [1.165, 1.54) is 7.11 Å². The highest BCUT2D eigenvalue weighted by atomic mass is 16.5. The monoisotopic (exact) mass is 270 g/mol. The molecule has 0 spiro atoms. The molecule has 1 unspecified atom stereocenters. The number of amides is 2. The van der Waals surface area contributed by atoms with Gasteiger partial charge < -0.3 is 20.5 Å². The molecule has 0 aromatic carbocycles. The number of carboxylic acids is 1. The second-order valence-corrected chi connectivity index (χ2v) is 4.05. The minimum atomic E-state index is -1.14. The quantitative estimate of drug-likeness (QED) is 0.654. The zero-order valence-electron chi connectivity index (χ0n) is 11.1. The predicted octanol–water partition coefficient (Wildman–Crippen LogP) is -0.373. The van der Waals surface area contributed by atoms with Crippen molar-refractivity contribution in [2.24, 2.45) is 7.05 Å². The van der Waals surface area contributed by atoms with Gasteiger partial charge in [-0.3, -0.25) is 4.68 Å². The van der Waals surface area contributed by atoms with Crippen molar-refractivity contribution in [1.82, 2.24) is 20.4 Å². The van der Waals surface area contributed by atoms with Crippen LogP contribution < -0.4 is 10.6 Å². The molecule has 0 aliphatic rings. The van der Waals surface area contributed by atoms with E-state index in [1.54, 1.807) is 17.9 Å². The summed E-state index contributed by atoms with van der Waals surface area (Å²) in [5.41, 5.74) is 1.81. The van der Waals surface area contributed by atoms with Crippen molar-refractivity contribution in [1.29, 1.82) is 0 Å². The lowest BCUT2D eigenvalue weighted by Crippen LogP contribution is -2.48. The summed E-state index contributed by atoms with van der Waals surface area (Å²) in [6, 6.07) is -1.63. The molecule has 0 bridgehead atoms.